The van der Waals surface area contributed by atoms with Crippen molar-refractivity contribution in [1.29, 1.82) is 0 Å². The summed E-state index contributed by atoms with van der Waals surface area (Å²) in [7, 11) is 0. The number of carbonyl (C=O) groups is 2. The van der Waals surface area contributed by atoms with Crippen LogP contribution in [0.2, 0.25) is 0 Å². The number of hydrogen-bond donors (Lipinski definition) is 0. The van der Waals surface area contributed by atoms with Crippen LogP contribution in [0.15, 0.2) is 5.38 Å². The van der Waals surface area contributed by atoms with Crippen molar-refractivity contribution in [3.8, 4) is 0 Å². The minimum Gasteiger partial charge on any atom is -0.460 e. The maximum absolute atomic E-state index is 12.0. The fraction of sp³-hybridized carbons (Fsp3) is 0.688. The van der Waals surface area contributed by atoms with Crippen molar-refractivity contribution in [3.63, 3.8) is 0 Å². The summed E-state index contributed by atoms with van der Waals surface area (Å²) in [5.41, 5.74) is 0.406. The zero-order valence-electron chi connectivity index (χ0n) is 14.1. The van der Waals surface area contributed by atoms with Crippen LogP contribution >= 0.6 is 11.3 Å². The number of aromatic nitrogens is 1. The van der Waals surface area contributed by atoms with E-state index in [1.54, 1.807) is 16.2 Å². The number of hydrogen-bond acceptors (Lipinski definition) is 6. The minimum absolute atomic E-state index is 0.243. The van der Waals surface area contributed by atoms with Crippen LogP contribution in [0.3, 0.4) is 0 Å². The molecule has 1 unspecified atom stereocenters. The molecule has 0 N–H and O–H groups in total. The summed E-state index contributed by atoms with van der Waals surface area (Å²) in [4.78, 5) is 29.8. The molecule has 1 saturated heterocycles. The summed E-state index contributed by atoms with van der Waals surface area (Å²) in [5, 5.41) is 2.96. The van der Waals surface area contributed by atoms with Gasteiger partial charge >= 0.3 is 12.1 Å². The van der Waals surface area contributed by atoms with E-state index in [2.05, 4.69) is 4.98 Å². The standard InChI is InChI=1S/C16H24N2O4S/c1-11-17-12(10-23-11)5-6-14(19)21-13-7-8-18(9-13)15(20)22-16(2,3)4/h10,13H,5-9H2,1-4H3. The SMILES string of the molecule is Cc1nc(CCC(=O)OC2CCN(C(=O)OC(C)(C)C)C2)cs1. The molecule has 0 saturated carbocycles. The molecule has 6 nitrogen and oxygen atoms in total. The maximum atomic E-state index is 12.0. The molecular weight excluding hydrogens is 316 g/mol. The second-order valence-corrected chi connectivity index (χ2v) is 7.75. The molecular formula is C16H24N2O4S. The van der Waals surface area contributed by atoms with Crippen LogP contribution in [0.25, 0.3) is 0 Å². The summed E-state index contributed by atoms with van der Waals surface area (Å²) < 4.78 is 10.8. The van der Waals surface area contributed by atoms with Gasteiger partial charge in [-0.3, -0.25) is 4.79 Å². The first-order valence-corrected chi connectivity index (χ1v) is 8.69. The van der Waals surface area contributed by atoms with E-state index in [9.17, 15) is 9.59 Å². The third kappa shape index (κ3) is 5.82. The minimum atomic E-state index is -0.516. The van der Waals surface area contributed by atoms with E-state index < -0.39 is 5.60 Å². The molecule has 1 aliphatic heterocycles. The fourth-order valence-corrected chi connectivity index (χ4v) is 2.96. The molecule has 1 aromatic heterocycles. The lowest BCUT2D eigenvalue weighted by Gasteiger charge is -2.24. The molecule has 2 rings (SSSR count). The predicted octanol–water partition coefficient (Wildman–Crippen LogP) is 2.94. The molecule has 0 radical (unpaired) electrons. The maximum Gasteiger partial charge on any atom is 0.410 e. The van der Waals surface area contributed by atoms with Crippen LogP contribution < -0.4 is 0 Å². The van der Waals surface area contributed by atoms with Gasteiger partial charge in [-0.15, -0.1) is 11.3 Å². The van der Waals surface area contributed by atoms with E-state index in [1.807, 2.05) is 33.1 Å². The van der Waals surface area contributed by atoms with Gasteiger partial charge < -0.3 is 14.4 Å². The summed E-state index contributed by atoms with van der Waals surface area (Å²) in [6.07, 6.45) is 0.958. The van der Waals surface area contributed by atoms with Gasteiger partial charge in [0.15, 0.2) is 0 Å². The van der Waals surface area contributed by atoms with Gasteiger partial charge in [0.1, 0.15) is 11.7 Å². The normalized spacial score (nSPS) is 18.1. The third-order valence-electron chi connectivity index (χ3n) is 3.35. The summed E-state index contributed by atoms with van der Waals surface area (Å²) >= 11 is 1.58. The van der Waals surface area contributed by atoms with Gasteiger partial charge in [0.2, 0.25) is 0 Å². The van der Waals surface area contributed by atoms with E-state index in [0.717, 1.165) is 10.7 Å². The molecule has 7 heteroatoms. The quantitative estimate of drug-likeness (QED) is 0.788. The number of nitrogens with zero attached hydrogens (tertiary/aromatic N) is 2. The van der Waals surface area contributed by atoms with Crippen LogP contribution in [0.5, 0.6) is 0 Å². The number of ether oxygens (including phenoxy) is 2. The molecule has 0 aliphatic carbocycles. The van der Waals surface area contributed by atoms with E-state index >= 15 is 0 Å². The highest BCUT2D eigenvalue weighted by molar-refractivity contribution is 7.09. The molecule has 1 atom stereocenters. The molecule has 2 heterocycles. The molecule has 1 aromatic rings. The van der Waals surface area contributed by atoms with Crippen LogP contribution in [-0.4, -0.2) is 46.7 Å². The Morgan fingerprint density at radius 3 is 2.78 bits per heavy atom. The average molecular weight is 340 g/mol. The molecule has 1 amide bonds. The Morgan fingerprint density at radius 1 is 1.43 bits per heavy atom. The molecule has 1 aliphatic rings. The smallest absolute Gasteiger partial charge is 0.410 e. The van der Waals surface area contributed by atoms with Crippen molar-refractivity contribution >= 4 is 23.4 Å². The largest absolute Gasteiger partial charge is 0.460 e. The number of amides is 1. The molecule has 128 valence electrons. The van der Waals surface area contributed by atoms with E-state index in [1.165, 1.54) is 0 Å². The van der Waals surface area contributed by atoms with Gasteiger partial charge in [0.25, 0.3) is 0 Å². The fourth-order valence-electron chi connectivity index (χ4n) is 2.31. The van der Waals surface area contributed by atoms with Crippen molar-refractivity contribution in [2.75, 3.05) is 13.1 Å². The average Bonchev–Trinajstić information content (AvgIpc) is 3.04. The third-order valence-corrected chi connectivity index (χ3v) is 4.17. The Bertz CT molecular complexity index is 565. The van der Waals surface area contributed by atoms with Gasteiger partial charge in [-0.05, 0) is 27.7 Å². The van der Waals surface area contributed by atoms with Crippen LogP contribution in [0.1, 0.15) is 44.3 Å². The highest BCUT2D eigenvalue weighted by atomic mass is 32.1. The van der Waals surface area contributed by atoms with Crippen molar-refractivity contribution in [2.45, 2.75) is 58.7 Å². The first-order chi connectivity index (χ1) is 10.7. The first kappa shape index (κ1) is 17.7. The van der Waals surface area contributed by atoms with Crippen LogP contribution in [0, 0.1) is 6.92 Å². The Labute approximate surface area is 140 Å². The summed E-state index contributed by atoms with van der Waals surface area (Å²) in [6.45, 7) is 8.39. The van der Waals surface area contributed by atoms with Crippen molar-refractivity contribution in [2.24, 2.45) is 0 Å². The summed E-state index contributed by atoms with van der Waals surface area (Å²) in [6, 6.07) is 0. The first-order valence-electron chi connectivity index (χ1n) is 7.81. The molecule has 0 bridgehead atoms. The Balaban J connectivity index is 1.72. The number of thiazole rings is 1. The Morgan fingerprint density at radius 2 is 2.17 bits per heavy atom. The topological polar surface area (TPSA) is 68.7 Å². The Kier molecular flexibility index (Phi) is 5.62. The number of rotatable bonds is 4. The van der Waals surface area contributed by atoms with Crippen molar-refractivity contribution in [1.82, 2.24) is 9.88 Å². The monoisotopic (exact) mass is 340 g/mol. The van der Waals surface area contributed by atoms with Gasteiger partial charge in [-0.1, -0.05) is 0 Å². The second kappa shape index (κ2) is 7.29. The zero-order valence-corrected chi connectivity index (χ0v) is 14.9. The highest BCUT2D eigenvalue weighted by Gasteiger charge is 2.31. The predicted molar refractivity (Wildman–Crippen MR) is 87.5 cm³/mol. The molecule has 0 aromatic carbocycles. The second-order valence-electron chi connectivity index (χ2n) is 6.68. The highest BCUT2D eigenvalue weighted by Crippen LogP contribution is 2.18. The number of aryl methyl sites for hydroxylation is 2. The summed E-state index contributed by atoms with van der Waals surface area (Å²) in [5.74, 6) is -0.244. The van der Waals surface area contributed by atoms with Crippen LogP contribution in [-0.2, 0) is 20.7 Å². The number of carbonyl (C=O) groups excluding carboxylic acids is 2. The molecule has 23 heavy (non-hydrogen) atoms. The van der Waals surface area contributed by atoms with Crippen molar-refractivity contribution < 1.29 is 19.1 Å². The van der Waals surface area contributed by atoms with Crippen molar-refractivity contribution in [3.05, 3.63) is 16.1 Å². The van der Waals surface area contributed by atoms with Gasteiger partial charge in [0.05, 0.1) is 23.7 Å². The lowest BCUT2D eigenvalue weighted by molar-refractivity contribution is -0.148. The van der Waals surface area contributed by atoms with E-state index in [-0.39, 0.29) is 18.2 Å². The zero-order chi connectivity index (χ0) is 17.0. The van der Waals surface area contributed by atoms with Gasteiger partial charge in [-0.2, -0.15) is 0 Å². The lowest BCUT2D eigenvalue weighted by atomic mass is 10.2. The van der Waals surface area contributed by atoms with Crippen LogP contribution in [0.4, 0.5) is 4.79 Å². The lowest BCUT2D eigenvalue weighted by Crippen LogP contribution is -2.36. The van der Waals surface area contributed by atoms with Gasteiger partial charge in [-0.25, -0.2) is 9.78 Å². The van der Waals surface area contributed by atoms with Gasteiger partial charge in [0, 0.05) is 24.8 Å². The molecule has 0 spiro atoms. The van der Waals surface area contributed by atoms with E-state index in [0.29, 0.717) is 32.4 Å². The number of esters is 1. The molecule has 1 fully saturated rings. The van der Waals surface area contributed by atoms with E-state index in [4.69, 9.17) is 9.47 Å². The Hall–Kier alpha value is -1.63. The number of likely N-dealkylation sites (tertiary alicyclic amines) is 1.